The Bertz CT molecular complexity index is 819. The van der Waals surface area contributed by atoms with E-state index in [1.165, 1.54) is 35.5 Å². The Morgan fingerprint density at radius 1 is 1.18 bits per heavy atom. The first-order valence-corrected chi connectivity index (χ1v) is 9.36. The van der Waals surface area contributed by atoms with Crippen LogP contribution in [0.4, 0.5) is 11.4 Å². The monoisotopic (exact) mass is 383 g/mol. The van der Waals surface area contributed by atoms with Crippen molar-refractivity contribution in [2.24, 2.45) is 0 Å². The summed E-state index contributed by atoms with van der Waals surface area (Å²) in [5.41, 5.74) is 2.77. The highest BCUT2D eigenvalue weighted by atomic mass is 16.6. The van der Waals surface area contributed by atoms with Gasteiger partial charge >= 0.3 is 5.97 Å². The van der Waals surface area contributed by atoms with Crippen LogP contribution in [0.25, 0.3) is 0 Å². The largest absolute Gasteiger partial charge is 0.457 e. The van der Waals surface area contributed by atoms with Gasteiger partial charge in [0.2, 0.25) is 0 Å². The Morgan fingerprint density at radius 2 is 1.86 bits per heavy atom. The fourth-order valence-corrected chi connectivity index (χ4v) is 3.28. The van der Waals surface area contributed by atoms with Crippen molar-refractivity contribution in [3.8, 4) is 0 Å². The van der Waals surface area contributed by atoms with Crippen molar-refractivity contribution >= 4 is 17.3 Å². The zero-order chi connectivity index (χ0) is 20.1. The average Bonchev–Trinajstić information content (AvgIpc) is 3.14. The van der Waals surface area contributed by atoms with E-state index < -0.39 is 10.9 Å². The number of hydrogen-bond acceptors (Lipinski definition) is 6. The van der Waals surface area contributed by atoms with Gasteiger partial charge in [-0.2, -0.15) is 0 Å². The number of nitro benzene ring substituents is 1. The zero-order valence-electron chi connectivity index (χ0n) is 16.2. The molecule has 1 aliphatic rings. The van der Waals surface area contributed by atoms with E-state index in [9.17, 15) is 14.9 Å². The molecule has 0 spiro atoms. The Morgan fingerprint density at radius 3 is 2.46 bits per heavy atom. The number of likely N-dealkylation sites (tertiary alicyclic amines) is 1. The molecule has 0 aromatic heterocycles. The first-order valence-electron chi connectivity index (χ1n) is 9.36. The summed E-state index contributed by atoms with van der Waals surface area (Å²) < 4.78 is 5.57. The molecule has 1 unspecified atom stereocenters. The molecule has 1 saturated heterocycles. The van der Waals surface area contributed by atoms with Gasteiger partial charge in [0, 0.05) is 51.5 Å². The number of esters is 1. The lowest BCUT2D eigenvalue weighted by Crippen LogP contribution is -2.26. The zero-order valence-corrected chi connectivity index (χ0v) is 16.2. The third kappa shape index (κ3) is 5.07. The number of hydrogen-bond donors (Lipinski definition) is 0. The summed E-state index contributed by atoms with van der Waals surface area (Å²) >= 11 is 0. The standard InChI is InChI=1S/C21H25N3O4/c1-22(2)18-7-3-16(4-8-18)11-13-23-14-12-20(15-23)28-21(25)17-5-9-19(10-6-17)24(26)27/h3-10,20H,11-15H2,1-2H3. The van der Waals surface area contributed by atoms with Crippen molar-refractivity contribution in [3.63, 3.8) is 0 Å². The first kappa shape index (κ1) is 19.8. The quantitative estimate of drug-likeness (QED) is 0.415. The molecule has 3 rings (SSSR count). The van der Waals surface area contributed by atoms with Crippen LogP contribution < -0.4 is 4.90 Å². The van der Waals surface area contributed by atoms with Crippen molar-refractivity contribution in [3.05, 3.63) is 69.8 Å². The van der Waals surface area contributed by atoms with E-state index >= 15 is 0 Å². The topological polar surface area (TPSA) is 75.9 Å². The lowest BCUT2D eigenvalue weighted by Gasteiger charge is -2.17. The number of carbonyl (C=O) groups excluding carboxylic acids is 1. The van der Waals surface area contributed by atoms with Crippen LogP contribution in [-0.2, 0) is 11.2 Å². The maximum atomic E-state index is 12.2. The van der Waals surface area contributed by atoms with E-state index in [1.54, 1.807) is 0 Å². The number of anilines is 1. The second kappa shape index (κ2) is 8.84. The van der Waals surface area contributed by atoms with E-state index in [0.717, 1.165) is 25.9 Å². The molecule has 1 aliphatic heterocycles. The minimum Gasteiger partial charge on any atom is -0.457 e. The highest BCUT2D eigenvalue weighted by Crippen LogP contribution is 2.18. The summed E-state index contributed by atoms with van der Waals surface area (Å²) in [4.78, 5) is 26.8. The minimum absolute atomic E-state index is 0.0396. The second-order valence-corrected chi connectivity index (χ2v) is 7.23. The smallest absolute Gasteiger partial charge is 0.338 e. The third-order valence-electron chi connectivity index (χ3n) is 4.99. The molecule has 1 atom stereocenters. The lowest BCUT2D eigenvalue weighted by molar-refractivity contribution is -0.384. The van der Waals surface area contributed by atoms with E-state index in [2.05, 4.69) is 34.1 Å². The Kier molecular flexibility index (Phi) is 6.26. The van der Waals surface area contributed by atoms with Gasteiger partial charge in [-0.15, -0.1) is 0 Å². The fraction of sp³-hybridized carbons (Fsp3) is 0.381. The van der Waals surface area contributed by atoms with Crippen LogP contribution in [0.5, 0.6) is 0 Å². The van der Waals surface area contributed by atoms with E-state index in [-0.39, 0.29) is 11.8 Å². The normalized spacial score (nSPS) is 16.7. The molecule has 28 heavy (non-hydrogen) atoms. The maximum absolute atomic E-state index is 12.2. The van der Waals surface area contributed by atoms with Crippen LogP contribution in [0.15, 0.2) is 48.5 Å². The summed E-state index contributed by atoms with van der Waals surface area (Å²) in [7, 11) is 4.05. The van der Waals surface area contributed by atoms with Crippen LogP contribution in [0.3, 0.4) is 0 Å². The summed E-state index contributed by atoms with van der Waals surface area (Å²) in [6.45, 7) is 2.54. The van der Waals surface area contributed by atoms with Crippen LogP contribution in [0.2, 0.25) is 0 Å². The van der Waals surface area contributed by atoms with Crippen molar-refractivity contribution in [1.29, 1.82) is 0 Å². The van der Waals surface area contributed by atoms with Crippen molar-refractivity contribution < 1.29 is 14.5 Å². The van der Waals surface area contributed by atoms with Gasteiger partial charge in [-0.25, -0.2) is 4.79 Å². The number of nitrogens with zero attached hydrogens (tertiary/aromatic N) is 3. The van der Waals surface area contributed by atoms with Gasteiger partial charge in [-0.3, -0.25) is 15.0 Å². The number of benzene rings is 2. The number of ether oxygens (including phenoxy) is 1. The molecule has 148 valence electrons. The first-order chi connectivity index (χ1) is 13.4. The minimum atomic E-state index is -0.488. The van der Waals surface area contributed by atoms with Gasteiger partial charge < -0.3 is 9.64 Å². The van der Waals surface area contributed by atoms with E-state index in [0.29, 0.717) is 12.1 Å². The van der Waals surface area contributed by atoms with Crippen molar-refractivity contribution in [2.45, 2.75) is 18.9 Å². The molecule has 0 radical (unpaired) electrons. The molecule has 7 nitrogen and oxygen atoms in total. The molecule has 2 aromatic carbocycles. The van der Waals surface area contributed by atoms with Gasteiger partial charge in [0.15, 0.2) is 0 Å². The third-order valence-corrected chi connectivity index (χ3v) is 4.99. The van der Waals surface area contributed by atoms with Crippen LogP contribution >= 0.6 is 0 Å². The maximum Gasteiger partial charge on any atom is 0.338 e. The number of carbonyl (C=O) groups is 1. The van der Waals surface area contributed by atoms with Crippen molar-refractivity contribution in [1.82, 2.24) is 4.90 Å². The molecule has 0 N–H and O–H groups in total. The molecule has 1 heterocycles. The highest BCUT2D eigenvalue weighted by molar-refractivity contribution is 5.89. The van der Waals surface area contributed by atoms with Gasteiger partial charge in [-0.05, 0) is 42.7 Å². The van der Waals surface area contributed by atoms with Crippen LogP contribution in [0, 0.1) is 10.1 Å². The van der Waals surface area contributed by atoms with E-state index in [1.807, 2.05) is 14.1 Å². The Hall–Kier alpha value is -2.93. The fourth-order valence-electron chi connectivity index (χ4n) is 3.28. The predicted octanol–water partition coefficient (Wildman–Crippen LogP) is 3.13. The molecular weight excluding hydrogens is 358 g/mol. The van der Waals surface area contributed by atoms with Crippen molar-refractivity contribution in [2.75, 3.05) is 38.6 Å². The Labute approximate surface area is 164 Å². The van der Waals surface area contributed by atoms with Gasteiger partial charge in [-0.1, -0.05) is 12.1 Å². The summed E-state index contributed by atoms with van der Waals surface area (Å²) in [5.74, 6) is -0.430. The number of rotatable bonds is 7. The predicted molar refractivity (Wildman–Crippen MR) is 108 cm³/mol. The van der Waals surface area contributed by atoms with Gasteiger partial charge in [0.25, 0.3) is 5.69 Å². The molecular formula is C21H25N3O4. The molecule has 1 fully saturated rings. The second-order valence-electron chi connectivity index (χ2n) is 7.23. The van der Waals surface area contributed by atoms with Gasteiger partial charge in [0.1, 0.15) is 6.10 Å². The molecule has 0 aliphatic carbocycles. The van der Waals surface area contributed by atoms with Gasteiger partial charge in [0.05, 0.1) is 10.5 Å². The number of non-ortho nitro benzene ring substituents is 1. The number of nitro groups is 1. The molecule has 0 saturated carbocycles. The summed E-state index contributed by atoms with van der Waals surface area (Å²) in [6.07, 6.45) is 1.62. The molecule has 0 amide bonds. The SMILES string of the molecule is CN(C)c1ccc(CCN2CCC(OC(=O)c3ccc([N+](=O)[O-])cc3)C2)cc1. The average molecular weight is 383 g/mol. The lowest BCUT2D eigenvalue weighted by atomic mass is 10.1. The van der Waals surface area contributed by atoms with Crippen LogP contribution in [0.1, 0.15) is 22.3 Å². The van der Waals surface area contributed by atoms with Crippen LogP contribution in [-0.4, -0.2) is 55.6 Å². The summed E-state index contributed by atoms with van der Waals surface area (Å²) in [6, 6.07) is 14.0. The Balaban J connectivity index is 1.45. The molecule has 0 bridgehead atoms. The molecule has 2 aromatic rings. The highest BCUT2D eigenvalue weighted by Gasteiger charge is 2.26. The van der Waals surface area contributed by atoms with E-state index in [4.69, 9.17) is 4.74 Å². The summed E-state index contributed by atoms with van der Waals surface area (Å²) in [5, 5.41) is 10.7. The molecule has 7 heteroatoms.